The molecule has 3 aliphatic rings. The molecule has 2 saturated carbocycles. The lowest BCUT2D eigenvalue weighted by Gasteiger charge is -2.42. The second-order valence-corrected chi connectivity index (χ2v) is 8.48. The molecule has 0 radical (unpaired) electrons. The molecule has 1 aliphatic heterocycles. The van der Waals surface area contributed by atoms with Gasteiger partial charge in [-0.2, -0.15) is 13.2 Å². The standard InChI is InChI=1S/C21H25F3N2O3/c1-26(18(27)14-5-8-29-19(28)25-12-14)17-10-15(11-17)13-3-2-4-16(9-13)20(6-7-20)21(22,23)24/h2-4,9,14-15,17H,5-8,10-12H2,1H3,(H,25,28)/t14-,15?,17?/m1/s1. The molecule has 1 heterocycles. The molecule has 1 saturated heterocycles. The van der Waals surface area contributed by atoms with Crippen molar-refractivity contribution in [2.24, 2.45) is 5.92 Å². The van der Waals surface area contributed by atoms with E-state index in [0.717, 1.165) is 18.4 Å². The summed E-state index contributed by atoms with van der Waals surface area (Å²) in [5, 5.41) is 2.58. The molecule has 5 nitrogen and oxygen atoms in total. The lowest BCUT2D eigenvalue weighted by atomic mass is 9.74. The summed E-state index contributed by atoms with van der Waals surface area (Å²) in [5.74, 6) is -0.172. The van der Waals surface area contributed by atoms with Crippen LogP contribution in [-0.2, 0) is 14.9 Å². The van der Waals surface area contributed by atoms with E-state index < -0.39 is 17.7 Å². The van der Waals surface area contributed by atoms with E-state index in [2.05, 4.69) is 5.32 Å². The minimum Gasteiger partial charge on any atom is -0.450 e. The number of rotatable bonds is 4. The van der Waals surface area contributed by atoms with Gasteiger partial charge in [-0.05, 0) is 49.1 Å². The van der Waals surface area contributed by atoms with E-state index in [9.17, 15) is 22.8 Å². The van der Waals surface area contributed by atoms with E-state index in [1.54, 1.807) is 30.1 Å². The monoisotopic (exact) mass is 410 g/mol. The average Bonchev–Trinajstić information content (AvgIpc) is 3.45. The molecule has 2 aliphatic carbocycles. The maximum absolute atomic E-state index is 13.4. The van der Waals surface area contributed by atoms with Crippen molar-refractivity contribution in [1.29, 1.82) is 0 Å². The number of carbonyl (C=O) groups excluding carboxylic acids is 2. The zero-order valence-corrected chi connectivity index (χ0v) is 16.3. The SMILES string of the molecule is CN(C(=O)[C@@H]1CCOC(=O)NC1)C1CC(c2cccc(C3(C(F)(F)F)CC3)c2)C1. The van der Waals surface area contributed by atoms with Crippen LogP contribution in [0.25, 0.3) is 0 Å². The Balaban J connectivity index is 1.37. The van der Waals surface area contributed by atoms with Crippen molar-refractivity contribution in [3.63, 3.8) is 0 Å². The van der Waals surface area contributed by atoms with Crippen LogP contribution in [0.2, 0.25) is 0 Å². The van der Waals surface area contributed by atoms with Crippen molar-refractivity contribution >= 4 is 12.0 Å². The summed E-state index contributed by atoms with van der Waals surface area (Å²) in [5.41, 5.74) is -0.375. The number of ether oxygens (including phenoxy) is 1. The van der Waals surface area contributed by atoms with Gasteiger partial charge in [-0.3, -0.25) is 4.79 Å². The van der Waals surface area contributed by atoms with Gasteiger partial charge in [0.2, 0.25) is 5.91 Å². The number of alkyl carbamates (subject to hydrolysis) is 1. The quantitative estimate of drug-likeness (QED) is 0.823. The maximum atomic E-state index is 13.4. The molecule has 29 heavy (non-hydrogen) atoms. The number of nitrogens with one attached hydrogen (secondary N) is 1. The predicted octanol–water partition coefficient (Wildman–Crippen LogP) is 3.73. The molecule has 1 N–H and O–H groups in total. The molecule has 0 unspecified atom stereocenters. The van der Waals surface area contributed by atoms with Gasteiger partial charge in [0.05, 0.1) is 17.9 Å². The Labute approximate surface area is 167 Å². The number of hydrogen-bond donors (Lipinski definition) is 1. The molecule has 2 amide bonds. The Kier molecular flexibility index (Phi) is 4.99. The van der Waals surface area contributed by atoms with Crippen LogP contribution in [0, 0.1) is 5.92 Å². The van der Waals surface area contributed by atoms with Crippen molar-refractivity contribution in [2.45, 2.75) is 55.7 Å². The molecular weight excluding hydrogens is 385 g/mol. The first-order valence-electron chi connectivity index (χ1n) is 10.1. The highest BCUT2D eigenvalue weighted by molar-refractivity contribution is 5.80. The highest BCUT2D eigenvalue weighted by Gasteiger charge is 2.64. The number of benzene rings is 1. The van der Waals surface area contributed by atoms with Gasteiger partial charge in [0.15, 0.2) is 0 Å². The number of carbonyl (C=O) groups is 2. The van der Waals surface area contributed by atoms with Gasteiger partial charge in [-0.1, -0.05) is 24.3 Å². The third-order valence-electron chi connectivity index (χ3n) is 6.75. The number of alkyl halides is 3. The minimum absolute atomic E-state index is 0.0259. The van der Waals surface area contributed by atoms with Crippen molar-refractivity contribution < 1.29 is 27.5 Å². The van der Waals surface area contributed by atoms with Crippen LogP contribution < -0.4 is 5.32 Å². The Hall–Kier alpha value is -2.25. The van der Waals surface area contributed by atoms with Crippen LogP contribution in [-0.4, -0.2) is 49.3 Å². The highest BCUT2D eigenvalue weighted by atomic mass is 19.4. The first-order chi connectivity index (χ1) is 13.7. The van der Waals surface area contributed by atoms with Crippen LogP contribution >= 0.6 is 0 Å². The molecule has 158 valence electrons. The smallest absolute Gasteiger partial charge is 0.407 e. The van der Waals surface area contributed by atoms with Gasteiger partial charge in [0.25, 0.3) is 0 Å². The van der Waals surface area contributed by atoms with Gasteiger partial charge in [-0.25, -0.2) is 4.79 Å². The zero-order chi connectivity index (χ0) is 20.8. The number of halogens is 3. The highest BCUT2D eigenvalue weighted by Crippen LogP contribution is 2.59. The van der Waals surface area contributed by atoms with Gasteiger partial charge < -0.3 is 15.0 Å². The molecule has 1 atom stereocenters. The normalized spacial score (nSPS) is 28.4. The molecule has 0 aromatic heterocycles. The summed E-state index contributed by atoms with van der Waals surface area (Å²) < 4.78 is 45.2. The molecule has 1 aromatic carbocycles. The molecule has 1 aromatic rings. The van der Waals surface area contributed by atoms with Gasteiger partial charge in [0, 0.05) is 19.6 Å². The van der Waals surface area contributed by atoms with Crippen molar-refractivity contribution in [3.05, 3.63) is 35.4 Å². The van der Waals surface area contributed by atoms with Crippen molar-refractivity contribution in [1.82, 2.24) is 10.2 Å². The van der Waals surface area contributed by atoms with Gasteiger partial charge in [0.1, 0.15) is 0 Å². The van der Waals surface area contributed by atoms with Crippen molar-refractivity contribution in [3.8, 4) is 0 Å². The van der Waals surface area contributed by atoms with Gasteiger partial charge in [-0.15, -0.1) is 0 Å². The van der Waals surface area contributed by atoms with Crippen molar-refractivity contribution in [2.75, 3.05) is 20.2 Å². The largest absolute Gasteiger partial charge is 0.450 e. The topological polar surface area (TPSA) is 58.6 Å². The Morgan fingerprint density at radius 3 is 2.66 bits per heavy atom. The third-order valence-corrected chi connectivity index (χ3v) is 6.75. The summed E-state index contributed by atoms with van der Waals surface area (Å²) in [6.45, 7) is 0.483. The molecule has 8 heteroatoms. The number of nitrogens with zero attached hydrogens (tertiary/aromatic N) is 1. The van der Waals surface area contributed by atoms with E-state index in [1.165, 1.54) is 0 Å². The van der Waals surface area contributed by atoms with E-state index in [1.807, 2.05) is 6.07 Å². The molecule has 0 bridgehead atoms. The summed E-state index contributed by atoms with van der Waals surface area (Å²) in [7, 11) is 1.76. The minimum atomic E-state index is -4.21. The van der Waals surface area contributed by atoms with Gasteiger partial charge >= 0.3 is 12.3 Å². The second-order valence-electron chi connectivity index (χ2n) is 8.48. The Morgan fingerprint density at radius 2 is 2.00 bits per heavy atom. The second kappa shape index (κ2) is 7.22. The first-order valence-corrected chi connectivity index (χ1v) is 10.1. The molecular formula is C21H25F3N2O3. The van der Waals surface area contributed by atoms with Crippen LogP contribution in [0.15, 0.2) is 24.3 Å². The zero-order valence-electron chi connectivity index (χ0n) is 16.3. The number of hydrogen-bond acceptors (Lipinski definition) is 3. The lowest BCUT2D eigenvalue weighted by molar-refractivity contribution is -0.160. The summed E-state index contributed by atoms with van der Waals surface area (Å²) in [6.07, 6.45) is -2.43. The summed E-state index contributed by atoms with van der Waals surface area (Å²) >= 11 is 0. The van der Waals surface area contributed by atoms with Crippen LogP contribution in [0.1, 0.15) is 49.1 Å². The predicted molar refractivity (Wildman–Crippen MR) is 99.4 cm³/mol. The summed E-state index contributed by atoms with van der Waals surface area (Å²) in [6, 6.07) is 6.96. The summed E-state index contributed by atoms with van der Waals surface area (Å²) in [4.78, 5) is 25.7. The average molecular weight is 410 g/mol. The fourth-order valence-corrected chi connectivity index (χ4v) is 4.46. The van der Waals surface area contributed by atoms with Crippen LogP contribution in [0.4, 0.5) is 18.0 Å². The molecule has 4 rings (SSSR count). The number of amides is 2. The van der Waals surface area contributed by atoms with E-state index in [4.69, 9.17) is 4.74 Å². The lowest BCUT2D eigenvalue weighted by Crippen LogP contribution is -2.48. The molecule has 3 fully saturated rings. The fourth-order valence-electron chi connectivity index (χ4n) is 4.46. The maximum Gasteiger partial charge on any atom is 0.407 e. The van der Waals surface area contributed by atoms with E-state index in [0.29, 0.717) is 12.0 Å². The van der Waals surface area contributed by atoms with E-state index >= 15 is 0 Å². The Morgan fingerprint density at radius 1 is 1.28 bits per heavy atom. The third kappa shape index (κ3) is 3.69. The fraction of sp³-hybridized carbons (Fsp3) is 0.619. The molecule has 0 spiro atoms. The van der Waals surface area contributed by atoms with Crippen LogP contribution in [0.5, 0.6) is 0 Å². The Bertz CT molecular complexity index is 801. The van der Waals surface area contributed by atoms with Crippen LogP contribution in [0.3, 0.4) is 0 Å². The number of cyclic esters (lactones) is 1. The van der Waals surface area contributed by atoms with E-state index in [-0.39, 0.29) is 49.8 Å². The first kappa shape index (κ1) is 20.0.